The molecule has 20 heavy (non-hydrogen) atoms. The summed E-state index contributed by atoms with van der Waals surface area (Å²) in [7, 11) is 1.53. The molecule has 4 nitrogen and oxygen atoms in total. The van der Waals surface area contributed by atoms with Crippen molar-refractivity contribution < 1.29 is 18.7 Å². The number of carbonyl (C=O) groups excluding carboxylic acids is 1. The van der Waals surface area contributed by atoms with E-state index in [2.05, 4.69) is 4.98 Å². The first kappa shape index (κ1) is 14.0. The Bertz CT molecular complexity index is 628. The second kappa shape index (κ2) is 6.14. The number of nitrogens with zero attached hydrogens (tertiary/aromatic N) is 1. The number of pyridine rings is 1. The van der Waals surface area contributed by atoms with Crippen LogP contribution in [0.4, 0.5) is 4.39 Å². The Labute approximate surface area is 116 Å². The van der Waals surface area contributed by atoms with Crippen molar-refractivity contribution in [1.82, 2.24) is 4.98 Å². The molecular weight excluding hydrogens is 261 g/mol. The normalized spacial score (nSPS) is 10.2. The van der Waals surface area contributed by atoms with E-state index in [-0.39, 0.29) is 18.0 Å². The van der Waals surface area contributed by atoms with Crippen LogP contribution in [0.1, 0.15) is 23.0 Å². The molecule has 0 aliphatic rings. The molecule has 0 saturated heterocycles. The number of ether oxygens (including phenoxy) is 2. The average Bonchev–Trinajstić information content (AvgIpc) is 2.46. The maximum absolute atomic E-state index is 13.1. The minimum atomic E-state index is -0.470. The Balaban J connectivity index is 2.16. The number of methoxy groups -OCH3 is 1. The lowest BCUT2D eigenvalue weighted by Gasteiger charge is -2.10. The topological polar surface area (TPSA) is 48.4 Å². The maximum Gasteiger partial charge on any atom is 0.213 e. The lowest BCUT2D eigenvalue weighted by molar-refractivity contribution is 0.101. The molecule has 0 spiro atoms. The second-order valence-electron chi connectivity index (χ2n) is 4.16. The Morgan fingerprint density at radius 3 is 2.80 bits per heavy atom. The molecule has 0 aliphatic carbocycles. The summed E-state index contributed by atoms with van der Waals surface area (Å²) in [6.45, 7) is 1.54. The van der Waals surface area contributed by atoms with Crippen molar-refractivity contribution in [2.45, 2.75) is 13.5 Å². The largest absolute Gasteiger partial charge is 0.487 e. The predicted octanol–water partition coefficient (Wildman–Crippen LogP) is 3.01. The zero-order valence-corrected chi connectivity index (χ0v) is 11.2. The standard InChI is InChI=1S/C15H14FNO3/c1-10(18)13-8-11(16)6-7-14(13)20-9-12-4-3-5-15(17-12)19-2/h3-8H,9H2,1-2H3. The summed E-state index contributed by atoms with van der Waals surface area (Å²) >= 11 is 0. The van der Waals surface area contributed by atoms with Gasteiger partial charge in [-0.2, -0.15) is 0 Å². The molecule has 5 heteroatoms. The minimum absolute atomic E-state index is 0.170. The molecule has 2 aromatic rings. The number of Topliss-reactive ketones (excluding diaryl/α,β-unsaturated/α-hetero) is 1. The van der Waals surface area contributed by atoms with E-state index in [4.69, 9.17) is 9.47 Å². The lowest BCUT2D eigenvalue weighted by Crippen LogP contribution is -2.04. The van der Waals surface area contributed by atoms with E-state index in [9.17, 15) is 9.18 Å². The maximum atomic E-state index is 13.1. The van der Waals surface area contributed by atoms with Gasteiger partial charge in [0.05, 0.1) is 18.4 Å². The van der Waals surface area contributed by atoms with Crippen LogP contribution in [0.25, 0.3) is 0 Å². The molecule has 0 saturated carbocycles. The monoisotopic (exact) mass is 275 g/mol. The summed E-state index contributed by atoms with van der Waals surface area (Å²) in [6, 6.07) is 9.15. The molecule has 2 rings (SSSR count). The van der Waals surface area contributed by atoms with Crippen molar-refractivity contribution >= 4 is 5.78 Å². The van der Waals surface area contributed by atoms with Crippen LogP contribution < -0.4 is 9.47 Å². The Hall–Kier alpha value is -2.43. The molecule has 1 aromatic heterocycles. The van der Waals surface area contributed by atoms with E-state index >= 15 is 0 Å². The highest BCUT2D eigenvalue weighted by Crippen LogP contribution is 2.21. The van der Waals surface area contributed by atoms with Gasteiger partial charge in [0.1, 0.15) is 18.2 Å². The molecule has 0 atom stereocenters. The van der Waals surface area contributed by atoms with Crippen molar-refractivity contribution in [3.63, 3.8) is 0 Å². The van der Waals surface area contributed by atoms with E-state index in [1.165, 1.54) is 26.2 Å². The van der Waals surface area contributed by atoms with Crippen LogP contribution in [0, 0.1) is 5.82 Å². The number of ketones is 1. The van der Waals surface area contributed by atoms with Gasteiger partial charge in [-0.25, -0.2) is 9.37 Å². The van der Waals surface area contributed by atoms with Gasteiger partial charge in [-0.1, -0.05) is 6.07 Å². The third kappa shape index (κ3) is 3.32. The number of carbonyl (C=O) groups is 1. The second-order valence-corrected chi connectivity index (χ2v) is 4.16. The van der Waals surface area contributed by atoms with Gasteiger partial charge in [-0.15, -0.1) is 0 Å². The van der Waals surface area contributed by atoms with Crippen LogP contribution in [-0.2, 0) is 6.61 Å². The van der Waals surface area contributed by atoms with Crippen LogP contribution in [-0.4, -0.2) is 17.9 Å². The number of aromatic nitrogens is 1. The van der Waals surface area contributed by atoms with Gasteiger partial charge in [0.25, 0.3) is 0 Å². The summed E-state index contributed by atoms with van der Waals surface area (Å²) < 4.78 is 23.7. The summed E-state index contributed by atoms with van der Waals surface area (Å²) in [6.07, 6.45) is 0. The highest BCUT2D eigenvalue weighted by atomic mass is 19.1. The van der Waals surface area contributed by atoms with Crippen molar-refractivity contribution in [3.05, 3.63) is 53.5 Å². The highest BCUT2D eigenvalue weighted by molar-refractivity contribution is 5.96. The summed E-state index contributed by atoms with van der Waals surface area (Å²) in [5.41, 5.74) is 0.871. The SMILES string of the molecule is COc1cccc(COc2ccc(F)cc2C(C)=O)n1. The molecule has 0 bridgehead atoms. The first-order valence-corrected chi connectivity index (χ1v) is 6.03. The van der Waals surface area contributed by atoms with Gasteiger partial charge in [0.2, 0.25) is 5.88 Å². The van der Waals surface area contributed by atoms with Crippen LogP contribution in [0.15, 0.2) is 36.4 Å². The smallest absolute Gasteiger partial charge is 0.213 e. The predicted molar refractivity (Wildman–Crippen MR) is 71.5 cm³/mol. The highest BCUT2D eigenvalue weighted by Gasteiger charge is 2.10. The van der Waals surface area contributed by atoms with Crippen LogP contribution in [0.3, 0.4) is 0 Å². The fraction of sp³-hybridized carbons (Fsp3) is 0.200. The summed E-state index contributed by atoms with van der Waals surface area (Å²) in [4.78, 5) is 15.6. The average molecular weight is 275 g/mol. The number of hydrogen-bond donors (Lipinski definition) is 0. The van der Waals surface area contributed by atoms with Gasteiger partial charge >= 0.3 is 0 Å². The van der Waals surface area contributed by atoms with Crippen LogP contribution >= 0.6 is 0 Å². The van der Waals surface area contributed by atoms with Gasteiger partial charge < -0.3 is 9.47 Å². The molecule has 0 radical (unpaired) electrons. The van der Waals surface area contributed by atoms with Crippen LogP contribution in [0.5, 0.6) is 11.6 Å². The molecule has 0 aliphatic heterocycles. The fourth-order valence-electron chi connectivity index (χ4n) is 1.71. The molecule has 0 fully saturated rings. The molecule has 1 heterocycles. The van der Waals surface area contributed by atoms with Crippen molar-refractivity contribution in [2.75, 3.05) is 7.11 Å². The number of benzene rings is 1. The van der Waals surface area contributed by atoms with E-state index < -0.39 is 5.82 Å². The van der Waals surface area contributed by atoms with E-state index in [0.29, 0.717) is 17.3 Å². The molecule has 1 aromatic carbocycles. The zero-order valence-electron chi connectivity index (χ0n) is 11.2. The molecular formula is C15H14FNO3. The zero-order chi connectivity index (χ0) is 14.5. The van der Waals surface area contributed by atoms with Crippen molar-refractivity contribution in [2.24, 2.45) is 0 Å². The molecule has 0 amide bonds. The number of halogens is 1. The number of hydrogen-bond acceptors (Lipinski definition) is 4. The third-order valence-electron chi connectivity index (χ3n) is 2.69. The van der Waals surface area contributed by atoms with Gasteiger partial charge in [0, 0.05) is 6.07 Å². The first-order chi connectivity index (χ1) is 9.60. The van der Waals surface area contributed by atoms with Gasteiger partial charge in [-0.05, 0) is 31.2 Å². The molecule has 0 unspecified atom stereocenters. The molecule has 0 N–H and O–H groups in total. The van der Waals surface area contributed by atoms with Crippen molar-refractivity contribution in [1.29, 1.82) is 0 Å². The summed E-state index contributed by atoms with van der Waals surface area (Å²) in [5.74, 6) is 0.0978. The quantitative estimate of drug-likeness (QED) is 0.787. The van der Waals surface area contributed by atoms with Crippen LogP contribution in [0.2, 0.25) is 0 Å². The van der Waals surface area contributed by atoms with Crippen molar-refractivity contribution in [3.8, 4) is 11.6 Å². The third-order valence-corrected chi connectivity index (χ3v) is 2.69. The van der Waals surface area contributed by atoms with E-state index in [0.717, 1.165) is 6.07 Å². The van der Waals surface area contributed by atoms with Gasteiger partial charge in [0.15, 0.2) is 5.78 Å². The van der Waals surface area contributed by atoms with E-state index in [1.54, 1.807) is 18.2 Å². The van der Waals surface area contributed by atoms with E-state index in [1.807, 2.05) is 0 Å². The van der Waals surface area contributed by atoms with Gasteiger partial charge in [-0.3, -0.25) is 4.79 Å². The summed E-state index contributed by atoms with van der Waals surface area (Å²) in [5, 5.41) is 0. The fourth-order valence-corrected chi connectivity index (χ4v) is 1.71. The number of rotatable bonds is 5. The lowest BCUT2D eigenvalue weighted by atomic mass is 10.1. The molecule has 104 valence electrons. The minimum Gasteiger partial charge on any atom is -0.487 e. The Morgan fingerprint density at radius 2 is 2.10 bits per heavy atom. The first-order valence-electron chi connectivity index (χ1n) is 6.03. The Kier molecular flexibility index (Phi) is 4.30. The Morgan fingerprint density at radius 1 is 1.30 bits per heavy atom.